The zero-order valence-electron chi connectivity index (χ0n) is 22.0. The van der Waals surface area contributed by atoms with Gasteiger partial charge < -0.3 is 20.1 Å². The van der Waals surface area contributed by atoms with Crippen molar-refractivity contribution < 1.29 is 9.47 Å². The molecule has 1 atom stereocenters. The summed E-state index contributed by atoms with van der Waals surface area (Å²) >= 11 is 0. The van der Waals surface area contributed by atoms with Crippen molar-refractivity contribution in [2.24, 2.45) is 0 Å². The van der Waals surface area contributed by atoms with Crippen molar-refractivity contribution in [2.75, 3.05) is 39.1 Å². The van der Waals surface area contributed by atoms with Gasteiger partial charge >= 0.3 is 0 Å². The second-order valence-electron chi connectivity index (χ2n) is 9.93. The maximum Gasteiger partial charge on any atom is 0.203 e. The normalized spacial score (nSPS) is 16.6. The van der Waals surface area contributed by atoms with Gasteiger partial charge in [0.05, 0.1) is 19.3 Å². The first-order chi connectivity index (χ1) is 19.1. The summed E-state index contributed by atoms with van der Waals surface area (Å²) in [6.45, 7) is 3.88. The van der Waals surface area contributed by atoms with Crippen LogP contribution in [0.3, 0.4) is 0 Å². The van der Waals surface area contributed by atoms with Crippen molar-refractivity contribution in [3.05, 3.63) is 89.2 Å². The Morgan fingerprint density at radius 1 is 1.05 bits per heavy atom. The second kappa shape index (κ2) is 11.2. The van der Waals surface area contributed by atoms with Gasteiger partial charge in [-0.15, -0.1) is 5.10 Å². The van der Waals surface area contributed by atoms with E-state index in [0.29, 0.717) is 24.6 Å². The van der Waals surface area contributed by atoms with Crippen LogP contribution in [0.5, 0.6) is 11.5 Å². The maximum atomic E-state index is 6.24. The number of nitrogen functional groups attached to an aromatic ring is 1. The molecule has 1 unspecified atom stereocenters. The number of hydrogen-bond acceptors (Lipinski definition) is 8. The summed E-state index contributed by atoms with van der Waals surface area (Å²) in [5.41, 5.74) is 11.9. The minimum atomic E-state index is 0.00961. The molecule has 39 heavy (non-hydrogen) atoms. The highest BCUT2D eigenvalue weighted by Gasteiger charge is 2.23. The van der Waals surface area contributed by atoms with Crippen molar-refractivity contribution in [1.29, 1.82) is 0 Å². The average Bonchev–Trinajstić information content (AvgIpc) is 3.59. The van der Waals surface area contributed by atoms with Crippen molar-refractivity contribution in [3.63, 3.8) is 0 Å². The highest BCUT2D eigenvalue weighted by Crippen LogP contribution is 2.33. The fraction of sp³-hybridized carbons (Fsp3) is 0.310. The van der Waals surface area contributed by atoms with Gasteiger partial charge in [0, 0.05) is 32.3 Å². The second-order valence-corrected chi connectivity index (χ2v) is 9.93. The number of fused-ring (bicyclic) bond motifs is 7. The van der Waals surface area contributed by atoms with Gasteiger partial charge in [0.2, 0.25) is 5.65 Å². The monoisotopic (exact) mass is 524 g/mol. The van der Waals surface area contributed by atoms with E-state index >= 15 is 0 Å². The Balaban J connectivity index is 1.40. The van der Waals surface area contributed by atoms with Crippen LogP contribution in [0.1, 0.15) is 34.6 Å². The van der Waals surface area contributed by atoms with Crippen LogP contribution in [0.25, 0.3) is 11.2 Å². The number of hydrogen-bond donors (Lipinski definition) is 2. The van der Waals surface area contributed by atoms with Gasteiger partial charge in [-0.25, -0.2) is 4.98 Å². The number of nitrogens with two attached hydrogens (primary N) is 1. The molecule has 3 N–H and O–H groups in total. The van der Waals surface area contributed by atoms with Gasteiger partial charge in [0.15, 0.2) is 0 Å². The number of nitrogens with zero attached hydrogens (tertiary/aromatic N) is 6. The van der Waals surface area contributed by atoms with Crippen molar-refractivity contribution >= 4 is 17.0 Å². The van der Waals surface area contributed by atoms with E-state index in [9.17, 15) is 0 Å². The van der Waals surface area contributed by atoms with Crippen LogP contribution in [0, 0.1) is 0 Å². The Bertz CT molecular complexity index is 1560. The van der Waals surface area contributed by atoms with Crippen LogP contribution < -0.4 is 10.5 Å². The first-order valence-electron chi connectivity index (χ1n) is 13.2. The van der Waals surface area contributed by atoms with E-state index < -0.39 is 0 Å². The van der Waals surface area contributed by atoms with Crippen LogP contribution in [-0.4, -0.2) is 68.4 Å². The first-order valence-corrected chi connectivity index (χ1v) is 13.2. The maximum absolute atomic E-state index is 6.24. The molecule has 4 heterocycles. The summed E-state index contributed by atoms with van der Waals surface area (Å²) in [5.74, 6) is 2.08. The highest BCUT2D eigenvalue weighted by molar-refractivity contribution is 5.77. The van der Waals surface area contributed by atoms with Crippen LogP contribution in [0.15, 0.2) is 67.0 Å². The third kappa shape index (κ3) is 5.76. The molecule has 2 aromatic carbocycles. The van der Waals surface area contributed by atoms with Gasteiger partial charge in [-0.3, -0.25) is 4.68 Å². The summed E-state index contributed by atoms with van der Waals surface area (Å²) in [6, 6.07) is 18.4. The molecule has 0 radical (unpaired) electrons. The van der Waals surface area contributed by atoms with E-state index in [0.717, 1.165) is 66.2 Å². The molecule has 200 valence electrons. The lowest BCUT2D eigenvalue weighted by Gasteiger charge is -2.25. The largest absolute Gasteiger partial charge is 0.457 e. The van der Waals surface area contributed by atoms with Crippen LogP contribution in [0.4, 0.5) is 5.82 Å². The number of methoxy groups -OCH3 is 1. The molecule has 0 spiro atoms. The lowest BCUT2D eigenvalue weighted by Crippen LogP contribution is -2.31. The third-order valence-electron chi connectivity index (χ3n) is 7.21. The van der Waals surface area contributed by atoms with Crippen LogP contribution in [-0.2, 0) is 17.7 Å². The predicted octanol–water partition coefficient (Wildman–Crippen LogP) is 4.00. The molecule has 0 aliphatic carbocycles. The Morgan fingerprint density at radius 2 is 1.87 bits per heavy atom. The predicted molar refractivity (Wildman–Crippen MR) is 149 cm³/mol. The zero-order chi connectivity index (χ0) is 26.6. The van der Waals surface area contributed by atoms with E-state index in [1.165, 1.54) is 5.56 Å². The summed E-state index contributed by atoms with van der Waals surface area (Å²) in [4.78, 5) is 6.80. The lowest BCUT2D eigenvalue weighted by molar-refractivity contribution is 0.146. The molecule has 0 saturated carbocycles. The number of ether oxygens (including phenoxy) is 2. The van der Waals surface area contributed by atoms with Gasteiger partial charge in [-0.2, -0.15) is 15.4 Å². The Morgan fingerprint density at radius 3 is 2.72 bits per heavy atom. The summed E-state index contributed by atoms with van der Waals surface area (Å²) in [7, 11) is 1.74. The Kier molecular flexibility index (Phi) is 7.20. The van der Waals surface area contributed by atoms with Crippen molar-refractivity contribution in [1.82, 2.24) is 35.1 Å². The molecule has 0 saturated heterocycles. The minimum absolute atomic E-state index is 0.00961. The van der Waals surface area contributed by atoms with E-state index in [1.54, 1.807) is 7.11 Å². The smallest absolute Gasteiger partial charge is 0.203 e. The molecular formula is C29H32N8O2. The highest BCUT2D eigenvalue weighted by atomic mass is 16.5. The molecule has 3 aromatic heterocycles. The zero-order valence-corrected chi connectivity index (χ0v) is 22.0. The molecule has 6 rings (SSSR count). The summed E-state index contributed by atoms with van der Waals surface area (Å²) < 4.78 is 13.6. The van der Waals surface area contributed by atoms with Crippen molar-refractivity contribution in [3.8, 4) is 11.5 Å². The molecule has 0 amide bonds. The van der Waals surface area contributed by atoms with Crippen LogP contribution >= 0.6 is 0 Å². The average molecular weight is 525 g/mol. The van der Waals surface area contributed by atoms with Crippen molar-refractivity contribution in [2.45, 2.75) is 25.3 Å². The molecule has 6 bridgehead atoms. The number of anilines is 1. The fourth-order valence-corrected chi connectivity index (χ4v) is 5.24. The Labute approximate surface area is 226 Å². The number of nitrogens with one attached hydrogen (secondary N) is 1. The minimum Gasteiger partial charge on any atom is -0.457 e. The Hall–Kier alpha value is -4.28. The van der Waals surface area contributed by atoms with Gasteiger partial charge in [0.25, 0.3) is 0 Å². The van der Waals surface area contributed by atoms with E-state index in [-0.39, 0.29) is 5.92 Å². The molecule has 10 heteroatoms. The standard InChI is InChI=1S/C29H32N8O2/c1-38-13-12-36-10-8-20-4-2-6-23(14-20)39-24-7-3-5-21(15-24)18-37-19-22(17-31-37)25(9-11-36)26-16-27(30)32-29-28(26)33-35-34-29/h2-7,14-17,19,25H,8-13,18H2,1H3,(H3,30,32,33,34,35). The quantitative estimate of drug-likeness (QED) is 0.362. The topological polar surface area (TPSA) is 120 Å². The molecule has 1 aliphatic rings. The number of aromatic nitrogens is 6. The van der Waals surface area contributed by atoms with Gasteiger partial charge in [-0.05, 0) is 72.0 Å². The molecular weight excluding hydrogens is 492 g/mol. The fourth-order valence-electron chi connectivity index (χ4n) is 5.24. The van der Waals surface area contributed by atoms with Gasteiger partial charge in [-0.1, -0.05) is 24.3 Å². The number of benzene rings is 2. The molecule has 5 aromatic rings. The van der Waals surface area contributed by atoms with E-state index in [2.05, 4.69) is 61.8 Å². The molecule has 0 fully saturated rings. The first kappa shape index (κ1) is 25.0. The summed E-state index contributed by atoms with van der Waals surface area (Å²) in [5, 5.41) is 16.1. The molecule has 1 aliphatic heterocycles. The van der Waals surface area contributed by atoms with Crippen LogP contribution in [0.2, 0.25) is 0 Å². The number of H-pyrrole nitrogens is 1. The van der Waals surface area contributed by atoms with E-state index in [4.69, 9.17) is 20.3 Å². The molecule has 10 nitrogen and oxygen atoms in total. The van der Waals surface area contributed by atoms with Gasteiger partial charge in [0.1, 0.15) is 22.8 Å². The summed E-state index contributed by atoms with van der Waals surface area (Å²) in [6.07, 6.45) is 5.81. The van der Waals surface area contributed by atoms with E-state index in [1.807, 2.05) is 35.1 Å². The number of rotatable bonds is 4. The lowest BCUT2D eigenvalue weighted by atomic mass is 9.90. The number of pyridine rings is 1. The number of aromatic amines is 1. The third-order valence-corrected chi connectivity index (χ3v) is 7.21. The SMILES string of the molecule is COCCN1CCc2cccc(c2)Oc2cccc(c2)Cn2cc(cn2)C(c2cc(N)nc3n[nH]nc23)CC1.